The maximum atomic E-state index is 13.8. The van der Waals surface area contributed by atoms with Crippen molar-refractivity contribution in [3.8, 4) is 0 Å². The minimum atomic E-state index is -0.915. The van der Waals surface area contributed by atoms with Gasteiger partial charge in [-0.2, -0.15) is 0 Å². The van der Waals surface area contributed by atoms with E-state index >= 15 is 0 Å². The summed E-state index contributed by atoms with van der Waals surface area (Å²) in [5, 5.41) is 7.63. The Morgan fingerprint density at radius 3 is 2.10 bits per heavy atom. The van der Waals surface area contributed by atoms with Crippen molar-refractivity contribution in [2.75, 3.05) is 19.0 Å². The smallest absolute Gasteiger partial charge is 0.408 e. The molecule has 8 nitrogen and oxygen atoms in total. The van der Waals surface area contributed by atoms with Crippen LogP contribution in [0.2, 0.25) is 0 Å². The highest BCUT2D eigenvalue weighted by Crippen LogP contribution is 2.29. The molecule has 0 saturated carbocycles. The lowest BCUT2D eigenvalue weighted by molar-refractivity contribution is -0.677. The Morgan fingerprint density at radius 1 is 0.833 bits per heavy atom. The number of hydrogen-bond acceptors (Lipinski definition) is 5. The molecule has 42 heavy (non-hydrogen) atoms. The first-order chi connectivity index (χ1) is 20.4. The molecule has 4 N–H and O–H groups in total. The Kier molecular flexibility index (Phi) is 11.3. The number of nitrogens with one attached hydrogen (secondary N) is 2. The summed E-state index contributed by atoms with van der Waals surface area (Å²) in [4.78, 5) is 38.6. The molecule has 0 spiro atoms. The van der Waals surface area contributed by atoms with E-state index in [1.54, 1.807) is 6.07 Å². The van der Waals surface area contributed by atoms with Crippen LogP contribution >= 0.6 is 15.9 Å². The molecule has 0 saturated heterocycles. The van der Waals surface area contributed by atoms with E-state index in [0.29, 0.717) is 5.69 Å². The molecule has 4 aromatic carbocycles. The Morgan fingerprint density at radius 2 is 1.45 bits per heavy atom. The lowest BCUT2D eigenvalue weighted by atomic mass is 9.96. The number of rotatable bonds is 12. The van der Waals surface area contributed by atoms with E-state index in [4.69, 9.17) is 9.47 Å². The highest BCUT2D eigenvalue weighted by atomic mass is 79.9. The normalized spacial score (nSPS) is 12.0. The third kappa shape index (κ3) is 9.02. The highest BCUT2D eigenvalue weighted by molar-refractivity contribution is 9.10. The van der Waals surface area contributed by atoms with Gasteiger partial charge in [-0.25, -0.2) is 9.59 Å². The van der Waals surface area contributed by atoms with Crippen LogP contribution in [0.3, 0.4) is 0 Å². The molecule has 4 rings (SSSR count). The van der Waals surface area contributed by atoms with E-state index in [-0.39, 0.29) is 31.6 Å². The fourth-order valence-electron chi connectivity index (χ4n) is 4.49. The second-order valence-electron chi connectivity index (χ2n) is 9.57. The van der Waals surface area contributed by atoms with Gasteiger partial charge in [0.1, 0.15) is 18.7 Å². The van der Waals surface area contributed by atoms with E-state index in [1.807, 2.05) is 108 Å². The van der Waals surface area contributed by atoms with Crippen LogP contribution in [0.4, 0.5) is 10.5 Å². The maximum absolute atomic E-state index is 13.8. The molecule has 0 fully saturated rings. The molecule has 0 heterocycles. The van der Waals surface area contributed by atoms with Crippen LogP contribution in [0.5, 0.6) is 0 Å². The molecule has 0 aromatic heterocycles. The van der Waals surface area contributed by atoms with Crippen molar-refractivity contribution in [3.05, 3.63) is 136 Å². The maximum Gasteiger partial charge on any atom is 0.408 e. The zero-order chi connectivity index (χ0) is 29.7. The van der Waals surface area contributed by atoms with E-state index < -0.39 is 18.0 Å². The number of benzene rings is 4. The predicted octanol–water partition coefficient (Wildman–Crippen LogP) is 4.75. The molecule has 0 aliphatic carbocycles. The average molecular weight is 632 g/mol. The topological polar surface area (TPSA) is 110 Å². The van der Waals surface area contributed by atoms with E-state index in [1.165, 1.54) is 7.11 Å². The summed E-state index contributed by atoms with van der Waals surface area (Å²) in [5.74, 6) is -0.767. The second kappa shape index (κ2) is 15.5. The molecular formula is C33H33BrN3O5+. The van der Waals surface area contributed by atoms with Crippen LogP contribution in [0, 0.1) is 0 Å². The minimum Gasteiger partial charge on any atom is -0.465 e. The van der Waals surface area contributed by atoms with Crippen LogP contribution < -0.4 is 16.0 Å². The number of ether oxygens (including phenoxy) is 2. The van der Waals surface area contributed by atoms with Gasteiger partial charge in [-0.15, -0.1) is 0 Å². The lowest BCUT2D eigenvalue weighted by Crippen LogP contribution is -2.87. The van der Waals surface area contributed by atoms with Crippen molar-refractivity contribution in [2.24, 2.45) is 0 Å². The predicted molar refractivity (Wildman–Crippen MR) is 164 cm³/mol. The number of halogens is 1. The number of amides is 2. The number of anilines is 1. The number of esters is 1. The van der Waals surface area contributed by atoms with Gasteiger partial charge < -0.3 is 25.4 Å². The number of quaternary nitrogens is 1. The summed E-state index contributed by atoms with van der Waals surface area (Å²) in [6.45, 7) is 0.166. The van der Waals surface area contributed by atoms with Crippen molar-refractivity contribution >= 4 is 39.6 Å². The SMILES string of the molecule is COC(=O)C[NH2+][C@H](c1ccccc1)c1cc(Br)ccc1NC(=O)[C@H](Cc1ccccc1)NC(=O)OCc1ccccc1. The lowest BCUT2D eigenvalue weighted by Gasteiger charge is -2.22. The quantitative estimate of drug-likeness (QED) is 0.196. The third-order valence-electron chi connectivity index (χ3n) is 6.62. The first kappa shape index (κ1) is 30.5. The van der Waals surface area contributed by atoms with Crippen LogP contribution in [0.15, 0.2) is 114 Å². The number of carbonyl (C=O) groups excluding carboxylic acids is 3. The monoisotopic (exact) mass is 630 g/mol. The van der Waals surface area contributed by atoms with Gasteiger partial charge in [-0.1, -0.05) is 107 Å². The Balaban J connectivity index is 1.58. The molecule has 2 amide bonds. The van der Waals surface area contributed by atoms with Gasteiger partial charge >= 0.3 is 12.1 Å². The molecule has 0 aliphatic rings. The van der Waals surface area contributed by atoms with E-state index in [9.17, 15) is 14.4 Å². The summed E-state index contributed by atoms with van der Waals surface area (Å²) in [5.41, 5.74) is 3.99. The Hall–Kier alpha value is -4.47. The molecule has 9 heteroatoms. The summed E-state index contributed by atoms with van der Waals surface area (Å²) in [6, 6.07) is 32.8. The number of carbonyl (C=O) groups is 3. The summed E-state index contributed by atoms with van der Waals surface area (Å²) < 4.78 is 11.1. The molecule has 0 radical (unpaired) electrons. The summed E-state index contributed by atoms with van der Waals surface area (Å²) in [7, 11) is 1.35. The zero-order valence-corrected chi connectivity index (χ0v) is 24.8. The van der Waals surface area contributed by atoms with Crippen molar-refractivity contribution in [1.29, 1.82) is 0 Å². The number of nitrogens with two attached hydrogens (primary N) is 1. The fraction of sp³-hybridized carbons (Fsp3) is 0.182. The van der Waals surface area contributed by atoms with Crippen molar-refractivity contribution < 1.29 is 29.2 Å². The third-order valence-corrected chi connectivity index (χ3v) is 7.11. The average Bonchev–Trinajstić information content (AvgIpc) is 3.02. The van der Waals surface area contributed by atoms with E-state index in [0.717, 1.165) is 26.7 Å². The largest absolute Gasteiger partial charge is 0.465 e. The van der Waals surface area contributed by atoms with E-state index in [2.05, 4.69) is 26.6 Å². The van der Waals surface area contributed by atoms with Crippen molar-refractivity contribution in [1.82, 2.24) is 5.32 Å². The molecule has 216 valence electrons. The molecule has 0 aliphatic heterocycles. The standard InChI is InChI=1S/C33H32BrN3O5/c1-41-30(38)21-35-31(25-15-9-4-10-16-25)27-20-26(34)17-18-28(27)36-32(39)29(19-23-11-5-2-6-12-23)37-33(40)42-22-24-13-7-3-8-14-24/h2-18,20,29,31,35H,19,21-22H2,1H3,(H,36,39)(H,37,40)/p+1/t29-,31+/m0/s1. The van der Waals surface area contributed by atoms with Gasteiger partial charge in [0, 0.05) is 22.0 Å². The van der Waals surface area contributed by atoms with Gasteiger partial charge in [0.2, 0.25) is 5.91 Å². The number of alkyl carbamates (subject to hydrolysis) is 1. The van der Waals surface area contributed by atoms with Gasteiger partial charge in [0.25, 0.3) is 0 Å². The Labute approximate surface area is 253 Å². The van der Waals surface area contributed by atoms with Crippen LogP contribution in [0.25, 0.3) is 0 Å². The summed E-state index contributed by atoms with van der Waals surface area (Å²) in [6.07, 6.45) is -0.435. The Bertz CT molecular complexity index is 1470. The molecule has 4 aromatic rings. The number of methoxy groups -OCH3 is 1. The van der Waals surface area contributed by atoms with Crippen LogP contribution in [-0.4, -0.2) is 37.7 Å². The van der Waals surface area contributed by atoms with Gasteiger partial charge in [0.15, 0.2) is 6.54 Å². The zero-order valence-electron chi connectivity index (χ0n) is 23.2. The van der Waals surface area contributed by atoms with Crippen molar-refractivity contribution in [2.45, 2.75) is 25.1 Å². The second-order valence-corrected chi connectivity index (χ2v) is 10.5. The highest BCUT2D eigenvalue weighted by Gasteiger charge is 2.27. The fourth-order valence-corrected chi connectivity index (χ4v) is 4.87. The van der Waals surface area contributed by atoms with Crippen molar-refractivity contribution in [3.63, 3.8) is 0 Å². The molecule has 2 atom stereocenters. The molecular weight excluding hydrogens is 598 g/mol. The summed E-state index contributed by atoms with van der Waals surface area (Å²) >= 11 is 3.55. The minimum absolute atomic E-state index is 0.0813. The van der Waals surface area contributed by atoms with Gasteiger partial charge in [-0.05, 0) is 29.3 Å². The number of hydrogen-bond donors (Lipinski definition) is 3. The molecule has 0 bridgehead atoms. The first-order valence-electron chi connectivity index (χ1n) is 13.5. The first-order valence-corrected chi connectivity index (χ1v) is 14.3. The van der Waals surface area contributed by atoms with Gasteiger partial charge in [-0.3, -0.25) is 4.79 Å². The molecule has 0 unspecified atom stereocenters. The van der Waals surface area contributed by atoms with Crippen LogP contribution in [-0.2, 0) is 32.1 Å². The van der Waals surface area contributed by atoms with Crippen LogP contribution in [0.1, 0.15) is 28.3 Å². The van der Waals surface area contributed by atoms with Gasteiger partial charge in [0.05, 0.1) is 12.8 Å².